The summed E-state index contributed by atoms with van der Waals surface area (Å²) in [5.74, 6) is -1.06. The zero-order valence-electron chi connectivity index (χ0n) is 16.1. The van der Waals surface area contributed by atoms with E-state index in [4.69, 9.17) is 13.0 Å². The molecule has 1 N–H and O–H groups in total. The number of nitrogens with zero attached hydrogens (tertiary/aromatic N) is 1. The average molecular weight is 417 g/mol. The van der Waals surface area contributed by atoms with Gasteiger partial charge >= 0.3 is 6.36 Å². The number of alkyl halides is 4. The van der Waals surface area contributed by atoms with Crippen molar-refractivity contribution in [1.29, 1.82) is 0 Å². The van der Waals surface area contributed by atoms with Gasteiger partial charge in [-0.05, 0) is 36.6 Å². The van der Waals surface area contributed by atoms with E-state index in [-0.39, 0.29) is 36.4 Å². The van der Waals surface area contributed by atoms with Gasteiger partial charge in [-0.15, -0.1) is 24.8 Å². The van der Waals surface area contributed by atoms with Gasteiger partial charge in [0.1, 0.15) is 11.6 Å². The van der Waals surface area contributed by atoms with Crippen molar-refractivity contribution >= 4 is 17.5 Å². The Balaban J connectivity index is 2.11. The number of amides is 1. The van der Waals surface area contributed by atoms with E-state index in [0.717, 1.165) is 17.7 Å². The molecule has 1 amide bonds. The van der Waals surface area contributed by atoms with Crippen LogP contribution in [-0.2, 0) is 4.79 Å². The van der Waals surface area contributed by atoms with Crippen LogP contribution in [0.5, 0.6) is 5.75 Å². The molecule has 0 saturated carbocycles. The van der Waals surface area contributed by atoms with Crippen LogP contribution in [0, 0.1) is 0 Å². The lowest BCUT2D eigenvalue weighted by Crippen LogP contribution is -2.36. The number of hydrogen-bond donors (Lipinski definition) is 1. The zero-order valence-corrected chi connectivity index (χ0v) is 15.9. The Kier molecular flexibility index (Phi) is 7.17. The van der Waals surface area contributed by atoms with E-state index in [9.17, 15) is 23.1 Å². The lowest BCUT2D eigenvalue weighted by atomic mass is 10.0. The van der Waals surface area contributed by atoms with Crippen LogP contribution in [0.3, 0.4) is 0 Å². The highest BCUT2D eigenvalue weighted by Crippen LogP contribution is 2.27. The van der Waals surface area contributed by atoms with Gasteiger partial charge in [0.05, 0.1) is 13.5 Å². The van der Waals surface area contributed by atoms with Crippen molar-refractivity contribution in [2.45, 2.75) is 31.8 Å². The van der Waals surface area contributed by atoms with Crippen molar-refractivity contribution in [1.82, 2.24) is 4.90 Å². The second kappa shape index (κ2) is 9.80. The van der Waals surface area contributed by atoms with Crippen LogP contribution in [0.15, 0.2) is 54.6 Å². The number of rotatable bonds is 8. The van der Waals surface area contributed by atoms with Gasteiger partial charge in [0, 0.05) is 6.54 Å². The predicted molar refractivity (Wildman–Crippen MR) is 100.0 cm³/mol. The summed E-state index contributed by atoms with van der Waals surface area (Å²) in [7, 11) is 0. The summed E-state index contributed by atoms with van der Waals surface area (Å²) in [5.41, 5.74) is 0.950. The number of aliphatic hydroxyl groups is 1. The SMILES string of the molecule is [2H]C(O)(CCN(C(=O)CCl)[C@H](C)c1ccccc1)c1ccc(OC(F)(F)F)cc1. The largest absolute Gasteiger partial charge is 0.573 e. The van der Waals surface area contributed by atoms with E-state index in [2.05, 4.69) is 4.74 Å². The highest BCUT2D eigenvalue weighted by molar-refractivity contribution is 6.27. The molecule has 2 aromatic rings. The third-order valence-electron chi connectivity index (χ3n) is 4.19. The average Bonchev–Trinajstić information content (AvgIpc) is 2.67. The maximum atomic E-state index is 12.3. The van der Waals surface area contributed by atoms with Crippen molar-refractivity contribution in [3.05, 3.63) is 65.7 Å². The third kappa shape index (κ3) is 6.42. The second-order valence-corrected chi connectivity index (χ2v) is 6.34. The molecule has 2 rings (SSSR count). The first-order chi connectivity index (χ1) is 13.5. The van der Waals surface area contributed by atoms with Crippen LogP contribution >= 0.6 is 11.6 Å². The molecule has 2 aromatic carbocycles. The lowest BCUT2D eigenvalue weighted by molar-refractivity contribution is -0.274. The monoisotopic (exact) mass is 416 g/mol. The van der Waals surface area contributed by atoms with Crippen LogP contribution in [0.25, 0.3) is 0 Å². The van der Waals surface area contributed by atoms with E-state index in [1.807, 2.05) is 37.3 Å². The summed E-state index contributed by atoms with van der Waals surface area (Å²) < 4.78 is 48.7. The van der Waals surface area contributed by atoms with Crippen molar-refractivity contribution in [3.63, 3.8) is 0 Å². The van der Waals surface area contributed by atoms with E-state index in [1.165, 1.54) is 17.0 Å². The molecule has 8 heteroatoms. The topological polar surface area (TPSA) is 49.8 Å². The van der Waals surface area contributed by atoms with E-state index in [1.54, 1.807) is 0 Å². The summed E-state index contributed by atoms with van der Waals surface area (Å²) in [4.78, 5) is 13.7. The van der Waals surface area contributed by atoms with Crippen LogP contribution in [-0.4, -0.2) is 34.7 Å². The number of ether oxygens (including phenoxy) is 1. The molecule has 0 fully saturated rings. The van der Waals surface area contributed by atoms with Crippen molar-refractivity contribution in [2.75, 3.05) is 12.4 Å². The summed E-state index contributed by atoms with van der Waals surface area (Å²) in [5, 5.41) is 10.5. The van der Waals surface area contributed by atoms with Gasteiger partial charge in [-0.2, -0.15) is 0 Å². The van der Waals surface area contributed by atoms with Crippen molar-refractivity contribution < 1.29 is 29.2 Å². The summed E-state index contributed by atoms with van der Waals surface area (Å²) in [6, 6.07) is 13.3. The molecule has 0 aliphatic carbocycles. The highest BCUT2D eigenvalue weighted by atomic mass is 35.5. The molecule has 0 radical (unpaired) electrons. The maximum Gasteiger partial charge on any atom is 0.573 e. The van der Waals surface area contributed by atoms with Gasteiger partial charge in [-0.1, -0.05) is 42.5 Å². The number of carbonyl (C=O) groups is 1. The highest BCUT2D eigenvalue weighted by Gasteiger charge is 2.31. The predicted octanol–water partition coefficient (Wildman–Crippen LogP) is 4.84. The molecule has 0 aliphatic heterocycles. The van der Waals surface area contributed by atoms with Gasteiger partial charge in [0.2, 0.25) is 5.91 Å². The maximum absolute atomic E-state index is 12.3. The summed E-state index contributed by atoms with van der Waals surface area (Å²) in [6.45, 7) is 1.84. The Morgan fingerprint density at radius 1 is 1.18 bits per heavy atom. The Labute approximate surface area is 167 Å². The number of carbonyl (C=O) groups excluding carboxylic acids is 1. The first kappa shape index (κ1) is 20.5. The smallest absolute Gasteiger partial charge is 0.406 e. The van der Waals surface area contributed by atoms with Gasteiger partial charge in [-0.3, -0.25) is 4.79 Å². The molecule has 0 heterocycles. The summed E-state index contributed by atoms with van der Waals surface area (Å²) >= 11 is 5.71. The van der Waals surface area contributed by atoms with Gasteiger partial charge in [-0.25, -0.2) is 0 Å². The zero-order chi connectivity index (χ0) is 21.7. The number of hydrogen-bond acceptors (Lipinski definition) is 3. The molecule has 28 heavy (non-hydrogen) atoms. The molecule has 4 nitrogen and oxygen atoms in total. The molecule has 0 saturated heterocycles. The van der Waals surface area contributed by atoms with E-state index in [0.29, 0.717) is 0 Å². The molecule has 0 spiro atoms. The fourth-order valence-electron chi connectivity index (χ4n) is 2.74. The first-order valence-corrected chi connectivity index (χ1v) is 9.06. The lowest BCUT2D eigenvalue weighted by Gasteiger charge is -2.30. The van der Waals surface area contributed by atoms with Gasteiger partial charge in [0.25, 0.3) is 0 Å². The number of benzene rings is 2. The Bertz CT molecular complexity index is 801. The molecular formula is C20H21ClF3NO3. The van der Waals surface area contributed by atoms with Crippen LogP contribution < -0.4 is 4.74 Å². The van der Waals surface area contributed by atoms with Gasteiger partial charge < -0.3 is 14.7 Å². The minimum Gasteiger partial charge on any atom is -0.406 e. The quantitative estimate of drug-likeness (QED) is 0.626. The minimum atomic E-state index is -4.82. The molecule has 0 aromatic heterocycles. The fourth-order valence-corrected chi connectivity index (χ4v) is 2.90. The third-order valence-corrected chi connectivity index (χ3v) is 4.42. The second-order valence-electron chi connectivity index (χ2n) is 6.08. The first-order valence-electron chi connectivity index (χ1n) is 9.02. The normalized spacial score (nSPS) is 15.3. The molecule has 152 valence electrons. The molecule has 1 unspecified atom stereocenters. The van der Waals surface area contributed by atoms with Gasteiger partial charge in [0.15, 0.2) is 0 Å². The molecule has 0 aliphatic rings. The van der Waals surface area contributed by atoms with E-state index < -0.39 is 18.2 Å². The van der Waals surface area contributed by atoms with Crippen LogP contribution in [0.4, 0.5) is 13.2 Å². The van der Waals surface area contributed by atoms with E-state index >= 15 is 0 Å². The van der Waals surface area contributed by atoms with Crippen molar-refractivity contribution in [2.24, 2.45) is 0 Å². The van der Waals surface area contributed by atoms with Crippen molar-refractivity contribution in [3.8, 4) is 5.75 Å². The molecule has 0 bridgehead atoms. The standard InChI is InChI=1S/C20H21ClF3NO3/c1-14(15-5-3-2-4-6-15)25(19(27)13-21)12-11-18(26)16-7-9-17(10-8-16)28-20(22,23)24/h2-10,14,18,26H,11-13H2,1H3/t14-,18?/m1/s1/i18D. The Hall–Kier alpha value is -2.25. The Morgan fingerprint density at radius 2 is 1.79 bits per heavy atom. The van der Waals surface area contributed by atoms with Crippen LogP contribution in [0.2, 0.25) is 0 Å². The molecular weight excluding hydrogens is 395 g/mol. The Morgan fingerprint density at radius 3 is 2.32 bits per heavy atom. The minimum absolute atomic E-state index is 0.0302. The molecule has 2 atom stereocenters. The van der Waals surface area contributed by atoms with Crippen LogP contribution in [0.1, 0.15) is 38.0 Å². The number of halogens is 4. The fraction of sp³-hybridized carbons (Fsp3) is 0.350. The summed E-state index contributed by atoms with van der Waals surface area (Å²) in [6.07, 6.45) is -7.10.